The Kier molecular flexibility index (Phi) is 5.20. The number of nitrogens with zero attached hydrogens (tertiary/aromatic N) is 1. The van der Waals surface area contributed by atoms with Crippen molar-refractivity contribution in [2.45, 2.75) is 6.42 Å². The van der Waals surface area contributed by atoms with E-state index in [-0.39, 0.29) is 5.91 Å². The number of rotatable bonds is 6. The summed E-state index contributed by atoms with van der Waals surface area (Å²) >= 11 is 0. The molecular formula is C22H18F2N4O. The van der Waals surface area contributed by atoms with Crippen molar-refractivity contribution in [3.8, 4) is 0 Å². The van der Waals surface area contributed by atoms with Crippen molar-refractivity contribution < 1.29 is 13.6 Å². The summed E-state index contributed by atoms with van der Waals surface area (Å²) in [5.74, 6) is -1.17. The minimum atomic E-state index is -0.424. The van der Waals surface area contributed by atoms with Crippen molar-refractivity contribution in [3.05, 3.63) is 89.9 Å². The molecule has 0 saturated heterocycles. The van der Waals surface area contributed by atoms with Gasteiger partial charge in [0.25, 0.3) is 5.91 Å². The molecule has 0 unspecified atom stereocenters. The summed E-state index contributed by atoms with van der Waals surface area (Å²) < 4.78 is 27.7. The number of halogens is 2. The predicted molar refractivity (Wildman–Crippen MR) is 109 cm³/mol. The molecule has 1 aromatic heterocycles. The minimum Gasteiger partial charge on any atom is -0.382 e. The lowest BCUT2D eigenvalue weighted by atomic mass is 10.1. The molecule has 29 heavy (non-hydrogen) atoms. The zero-order chi connectivity index (χ0) is 20.2. The first kappa shape index (κ1) is 18.6. The van der Waals surface area contributed by atoms with Crippen LogP contribution in [0.25, 0.3) is 5.57 Å². The molecule has 0 bridgehead atoms. The highest BCUT2D eigenvalue weighted by Gasteiger charge is 2.24. The Morgan fingerprint density at radius 3 is 2.79 bits per heavy atom. The molecule has 0 atom stereocenters. The van der Waals surface area contributed by atoms with Gasteiger partial charge in [0, 0.05) is 36.4 Å². The number of aromatic nitrogens is 1. The maximum Gasteiger partial charge on any atom is 0.257 e. The predicted octanol–water partition coefficient (Wildman–Crippen LogP) is 4.42. The molecule has 0 aliphatic carbocycles. The molecule has 0 saturated carbocycles. The molecule has 2 aromatic carbocycles. The van der Waals surface area contributed by atoms with Crippen LogP contribution < -0.4 is 16.0 Å². The summed E-state index contributed by atoms with van der Waals surface area (Å²) in [6, 6.07) is 12.6. The first-order chi connectivity index (χ1) is 14.1. The number of carbonyl (C=O) groups excluding carboxylic acids is 1. The molecule has 3 aromatic rings. The highest BCUT2D eigenvalue weighted by atomic mass is 19.1. The first-order valence-electron chi connectivity index (χ1n) is 9.10. The van der Waals surface area contributed by atoms with Gasteiger partial charge in [0.15, 0.2) is 0 Å². The van der Waals surface area contributed by atoms with Gasteiger partial charge in [-0.25, -0.2) is 8.78 Å². The minimum absolute atomic E-state index is 0.340. The lowest BCUT2D eigenvalue weighted by Gasteiger charge is -2.09. The Morgan fingerprint density at radius 1 is 1.10 bits per heavy atom. The SMILES string of the molecule is O=C1Nc2cc(F)ccc2/C1=C\Nc1ccc(NCCc2cccnc2)c(F)c1. The second kappa shape index (κ2) is 8.10. The van der Waals surface area contributed by atoms with Gasteiger partial charge in [-0.3, -0.25) is 9.78 Å². The fraction of sp³-hybridized carbons (Fsp3) is 0.0909. The molecule has 1 amide bonds. The van der Waals surface area contributed by atoms with Gasteiger partial charge in [-0.1, -0.05) is 6.07 Å². The van der Waals surface area contributed by atoms with Gasteiger partial charge < -0.3 is 16.0 Å². The number of benzene rings is 2. The third kappa shape index (κ3) is 4.24. The van der Waals surface area contributed by atoms with Crippen LogP contribution in [0.3, 0.4) is 0 Å². The molecule has 146 valence electrons. The van der Waals surface area contributed by atoms with Crippen molar-refractivity contribution in [1.82, 2.24) is 4.98 Å². The van der Waals surface area contributed by atoms with Crippen LogP contribution >= 0.6 is 0 Å². The Morgan fingerprint density at radius 2 is 2.00 bits per heavy atom. The maximum absolute atomic E-state index is 14.4. The highest BCUT2D eigenvalue weighted by Crippen LogP contribution is 2.32. The molecule has 0 spiro atoms. The van der Waals surface area contributed by atoms with Crippen molar-refractivity contribution in [3.63, 3.8) is 0 Å². The average molecular weight is 392 g/mol. The van der Waals surface area contributed by atoms with Gasteiger partial charge in [0.05, 0.1) is 16.9 Å². The molecule has 1 aliphatic heterocycles. The highest BCUT2D eigenvalue weighted by molar-refractivity contribution is 6.31. The normalized spacial score (nSPS) is 13.9. The Balaban J connectivity index is 1.41. The Labute approximate surface area is 166 Å². The van der Waals surface area contributed by atoms with E-state index in [1.807, 2.05) is 12.1 Å². The number of hydrogen-bond donors (Lipinski definition) is 3. The Bertz CT molecular complexity index is 1080. The van der Waals surface area contributed by atoms with Gasteiger partial charge in [0.2, 0.25) is 0 Å². The summed E-state index contributed by atoms with van der Waals surface area (Å²) in [6.07, 6.45) is 5.71. The van der Waals surface area contributed by atoms with E-state index in [0.717, 1.165) is 12.0 Å². The molecule has 7 heteroatoms. The van der Waals surface area contributed by atoms with E-state index >= 15 is 0 Å². The van der Waals surface area contributed by atoms with E-state index in [9.17, 15) is 13.6 Å². The fourth-order valence-electron chi connectivity index (χ4n) is 3.10. The van der Waals surface area contributed by atoms with E-state index in [0.29, 0.717) is 34.7 Å². The van der Waals surface area contributed by atoms with Crippen LogP contribution in [0.5, 0.6) is 0 Å². The molecular weight excluding hydrogens is 374 g/mol. The van der Waals surface area contributed by atoms with E-state index < -0.39 is 11.6 Å². The topological polar surface area (TPSA) is 66.1 Å². The van der Waals surface area contributed by atoms with Crippen LogP contribution in [-0.2, 0) is 11.2 Å². The third-order valence-electron chi connectivity index (χ3n) is 4.57. The van der Waals surface area contributed by atoms with Gasteiger partial charge in [-0.05, 0) is 54.4 Å². The lowest BCUT2D eigenvalue weighted by Crippen LogP contribution is -2.07. The molecule has 4 rings (SSSR count). The van der Waals surface area contributed by atoms with Gasteiger partial charge in [0.1, 0.15) is 11.6 Å². The number of pyridine rings is 1. The molecule has 3 N–H and O–H groups in total. The van der Waals surface area contributed by atoms with Crippen molar-refractivity contribution in [2.24, 2.45) is 0 Å². The Hall–Kier alpha value is -3.74. The third-order valence-corrected chi connectivity index (χ3v) is 4.57. The second-order valence-corrected chi connectivity index (χ2v) is 6.58. The zero-order valence-corrected chi connectivity index (χ0v) is 15.4. The number of fused-ring (bicyclic) bond motifs is 1. The molecule has 0 radical (unpaired) electrons. The molecule has 5 nitrogen and oxygen atoms in total. The monoisotopic (exact) mass is 392 g/mol. The molecule has 0 fully saturated rings. The van der Waals surface area contributed by atoms with E-state index in [1.54, 1.807) is 24.5 Å². The van der Waals surface area contributed by atoms with Crippen LogP contribution in [0, 0.1) is 11.6 Å². The van der Waals surface area contributed by atoms with E-state index in [1.165, 1.54) is 30.5 Å². The zero-order valence-electron chi connectivity index (χ0n) is 15.4. The van der Waals surface area contributed by atoms with Crippen molar-refractivity contribution in [2.75, 3.05) is 22.5 Å². The summed E-state index contributed by atoms with van der Waals surface area (Å²) in [5.41, 5.74) is 3.34. The second-order valence-electron chi connectivity index (χ2n) is 6.58. The maximum atomic E-state index is 14.4. The summed E-state index contributed by atoms with van der Waals surface area (Å²) in [5, 5.41) is 8.60. The number of carbonyl (C=O) groups is 1. The van der Waals surface area contributed by atoms with Gasteiger partial charge >= 0.3 is 0 Å². The average Bonchev–Trinajstić information content (AvgIpc) is 3.02. The number of hydrogen-bond acceptors (Lipinski definition) is 4. The molecule has 2 heterocycles. The van der Waals surface area contributed by atoms with Crippen LogP contribution in [0.15, 0.2) is 67.1 Å². The van der Waals surface area contributed by atoms with Gasteiger partial charge in [-0.15, -0.1) is 0 Å². The van der Waals surface area contributed by atoms with Crippen molar-refractivity contribution in [1.29, 1.82) is 0 Å². The van der Waals surface area contributed by atoms with Crippen LogP contribution in [0.1, 0.15) is 11.1 Å². The smallest absolute Gasteiger partial charge is 0.257 e. The molecule has 1 aliphatic rings. The quantitative estimate of drug-likeness (QED) is 0.544. The summed E-state index contributed by atoms with van der Waals surface area (Å²) in [4.78, 5) is 16.1. The first-order valence-corrected chi connectivity index (χ1v) is 9.10. The lowest BCUT2D eigenvalue weighted by molar-refractivity contribution is -0.110. The van der Waals surface area contributed by atoms with Gasteiger partial charge in [-0.2, -0.15) is 0 Å². The number of nitrogens with one attached hydrogen (secondary N) is 3. The van der Waals surface area contributed by atoms with Crippen LogP contribution in [0.2, 0.25) is 0 Å². The van der Waals surface area contributed by atoms with Crippen LogP contribution in [-0.4, -0.2) is 17.4 Å². The standard InChI is InChI=1S/C22H18F2N4O/c23-15-3-5-17-18(22(29)28-21(17)10-15)13-27-16-4-6-20(19(24)11-16)26-9-7-14-2-1-8-25-12-14/h1-6,8,10-13,26-27H,7,9H2,(H,28,29)/b18-13+. The largest absolute Gasteiger partial charge is 0.382 e. The fourth-order valence-corrected chi connectivity index (χ4v) is 3.10. The van der Waals surface area contributed by atoms with Crippen LogP contribution in [0.4, 0.5) is 25.8 Å². The van der Waals surface area contributed by atoms with Crippen molar-refractivity contribution >= 4 is 28.5 Å². The number of amides is 1. The number of anilines is 3. The summed E-state index contributed by atoms with van der Waals surface area (Å²) in [6.45, 7) is 0.576. The van der Waals surface area contributed by atoms with E-state index in [4.69, 9.17) is 0 Å². The van der Waals surface area contributed by atoms with E-state index in [2.05, 4.69) is 20.9 Å². The summed E-state index contributed by atoms with van der Waals surface area (Å²) in [7, 11) is 0.